The van der Waals surface area contributed by atoms with Crippen molar-refractivity contribution >= 4 is 34.9 Å². The Kier molecular flexibility index (Phi) is 7.00. The molecule has 0 saturated carbocycles. The van der Waals surface area contributed by atoms with E-state index in [1.54, 1.807) is 19.1 Å². The molecule has 2 aromatic rings. The SMILES string of the molecule is [C-]#[N+]c1nc(N=Nc2ccc(N(CC)CCOC(=O)C(=C)C)cc2)[nH]c1[N+]#[C-]. The second-order valence-corrected chi connectivity index (χ2v) is 5.67. The number of anilines is 1. The first-order valence-corrected chi connectivity index (χ1v) is 8.42. The van der Waals surface area contributed by atoms with Crippen LogP contribution in [0.1, 0.15) is 13.8 Å². The minimum absolute atomic E-state index is 0.0229. The lowest BCUT2D eigenvalue weighted by Gasteiger charge is -2.22. The molecule has 9 heteroatoms. The maximum atomic E-state index is 11.4. The van der Waals surface area contributed by atoms with Crippen LogP contribution < -0.4 is 4.90 Å². The Morgan fingerprint density at radius 3 is 2.54 bits per heavy atom. The van der Waals surface area contributed by atoms with Gasteiger partial charge >= 0.3 is 11.9 Å². The zero-order valence-electron chi connectivity index (χ0n) is 15.6. The van der Waals surface area contributed by atoms with Gasteiger partial charge in [0.05, 0.1) is 12.2 Å². The smallest absolute Gasteiger partial charge is 0.414 e. The molecule has 0 aliphatic heterocycles. The number of aromatic nitrogens is 2. The zero-order chi connectivity index (χ0) is 20.5. The number of imidazole rings is 1. The monoisotopic (exact) mass is 377 g/mol. The van der Waals surface area contributed by atoms with E-state index in [-0.39, 0.29) is 24.2 Å². The van der Waals surface area contributed by atoms with Crippen molar-refractivity contribution in [2.45, 2.75) is 13.8 Å². The summed E-state index contributed by atoms with van der Waals surface area (Å²) in [5.41, 5.74) is 1.93. The molecule has 0 unspecified atom stereocenters. The molecule has 2 rings (SSSR count). The Bertz CT molecular complexity index is 930. The number of benzene rings is 1. The molecule has 0 radical (unpaired) electrons. The second-order valence-electron chi connectivity index (χ2n) is 5.67. The fourth-order valence-corrected chi connectivity index (χ4v) is 2.22. The van der Waals surface area contributed by atoms with Crippen molar-refractivity contribution in [2.24, 2.45) is 10.2 Å². The van der Waals surface area contributed by atoms with E-state index in [4.69, 9.17) is 17.9 Å². The Morgan fingerprint density at radius 2 is 2.00 bits per heavy atom. The summed E-state index contributed by atoms with van der Waals surface area (Å²) in [5, 5.41) is 7.98. The summed E-state index contributed by atoms with van der Waals surface area (Å²) in [5.74, 6) is -0.265. The van der Waals surface area contributed by atoms with Crippen molar-refractivity contribution in [1.29, 1.82) is 0 Å². The van der Waals surface area contributed by atoms with Crippen LogP contribution >= 0.6 is 0 Å². The molecule has 0 saturated heterocycles. The van der Waals surface area contributed by atoms with Crippen LogP contribution in [0.2, 0.25) is 0 Å². The van der Waals surface area contributed by atoms with Crippen LogP contribution in [0.25, 0.3) is 9.69 Å². The maximum absolute atomic E-state index is 11.4. The third-order valence-corrected chi connectivity index (χ3v) is 3.67. The van der Waals surface area contributed by atoms with Gasteiger partial charge in [0, 0.05) is 17.8 Å². The largest absolute Gasteiger partial charge is 0.460 e. The van der Waals surface area contributed by atoms with Gasteiger partial charge < -0.3 is 19.3 Å². The fourth-order valence-electron chi connectivity index (χ4n) is 2.22. The molecular weight excluding hydrogens is 358 g/mol. The Morgan fingerprint density at radius 1 is 1.29 bits per heavy atom. The van der Waals surface area contributed by atoms with E-state index in [1.165, 1.54) is 0 Å². The molecule has 0 aliphatic rings. The number of carbonyl (C=O) groups excluding carboxylic acids is 1. The van der Waals surface area contributed by atoms with Crippen molar-refractivity contribution in [3.8, 4) is 0 Å². The minimum Gasteiger partial charge on any atom is -0.460 e. The van der Waals surface area contributed by atoms with Gasteiger partial charge in [-0.2, -0.15) is 0 Å². The molecule has 0 bridgehead atoms. The van der Waals surface area contributed by atoms with Crippen molar-refractivity contribution in [3.63, 3.8) is 0 Å². The zero-order valence-corrected chi connectivity index (χ0v) is 15.6. The molecule has 28 heavy (non-hydrogen) atoms. The highest BCUT2D eigenvalue weighted by atomic mass is 16.5. The number of hydrogen-bond donors (Lipinski definition) is 1. The number of azo groups is 1. The summed E-state index contributed by atoms with van der Waals surface area (Å²) in [7, 11) is 0. The summed E-state index contributed by atoms with van der Waals surface area (Å²) >= 11 is 0. The molecule has 1 aromatic carbocycles. The normalized spacial score (nSPS) is 10.3. The molecule has 0 atom stereocenters. The van der Waals surface area contributed by atoms with Crippen molar-refractivity contribution in [1.82, 2.24) is 9.97 Å². The first-order valence-electron chi connectivity index (χ1n) is 8.42. The average molecular weight is 377 g/mol. The number of hydrogen-bond acceptors (Lipinski definition) is 6. The van der Waals surface area contributed by atoms with Gasteiger partial charge in [-0.3, -0.25) is 4.98 Å². The highest BCUT2D eigenvalue weighted by Gasteiger charge is 2.13. The van der Waals surface area contributed by atoms with E-state index < -0.39 is 5.97 Å². The van der Waals surface area contributed by atoms with Crippen LogP contribution in [0.5, 0.6) is 0 Å². The molecule has 1 heterocycles. The van der Waals surface area contributed by atoms with Gasteiger partial charge in [0.2, 0.25) is 0 Å². The molecule has 1 aromatic heterocycles. The number of esters is 1. The summed E-state index contributed by atoms with van der Waals surface area (Å²) in [6.45, 7) is 22.7. The van der Waals surface area contributed by atoms with Gasteiger partial charge in [-0.25, -0.2) is 4.79 Å². The van der Waals surface area contributed by atoms with Crippen LogP contribution in [-0.2, 0) is 9.53 Å². The lowest BCUT2D eigenvalue weighted by atomic mass is 10.2. The molecule has 0 spiro atoms. The number of ether oxygens (including phenoxy) is 1. The van der Waals surface area contributed by atoms with Crippen LogP contribution in [0, 0.1) is 13.1 Å². The molecule has 1 N–H and O–H groups in total. The second kappa shape index (κ2) is 9.64. The number of likely N-dealkylation sites (N-methyl/N-ethyl adjacent to an activating group) is 1. The number of rotatable bonds is 8. The Labute approximate surface area is 163 Å². The molecule has 142 valence electrons. The lowest BCUT2D eigenvalue weighted by molar-refractivity contribution is -0.138. The van der Waals surface area contributed by atoms with E-state index >= 15 is 0 Å². The number of nitrogens with one attached hydrogen (secondary N) is 1. The fraction of sp³-hybridized carbons (Fsp3) is 0.263. The van der Waals surface area contributed by atoms with Crippen molar-refractivity contribution in [2.75, 3.05) is 24.6 Å². The number of aromatic amines is 1. The quantitative estimate of drug-likeness (QED) is 0.307. The summed E-state index contributed by atoms with van der Waals surface area (Å²) in [4.78, 5) is 26.4. The van der Waals surface area contributed by atoms with Crippen LogP contribution in [0.3, 0.4) is 0 Å². The van der Waals surface area contributed by atoms with Crippen LogP contribution in [0.15, 0.2) is 46.6 Å². The lowest BCUT2D eigenvalue weighted by Crippen LogP contribution is -2.28. The molecule has 0 aliphatic carbocycles. The van der Waals surface area contributed by atoms with Gasteiger partial charge in [0.25, 0.3) is 11.6 Å². The highest BCUT2D eigenvalue weighted by Crippen LogP contribution is 2.29. The first-order chi connectivity index (χ1) is 13.5. The highest BCUT2D eigenvalue weighted by molar-refractivity contribution is 5.86. The minimum atomic E-state index is -0.396. The van der Waals surface area contributed by atoms with Gasteiger partial charge in [-0.05, 0) is 38.1 Å². The molecule has 9 nitrogen and oxygen atoms in total. The molecular formula is C19H19N7O2. The van der Waals surface area contributed by atoms with E-state index in [0.29, 0.717) is 17.8 Å². The Hall–Kier alpha value is -3.98. The maximum Gasteiger partial charge on any atom is 0.414 e. The van der Waals surface area contributed by atoms with Gasteiger partial charge in [-0.15, -0.1) is 5.11 Å². The standard InChI is InChI=1S/C19H19N7O2/c1-6-26(11-12-28-18(27)13(2)3)15-9-7-14(8-10-15)24-25-19-22-16(20-4)17(21-5)23-19/h7-10H,2,6,11-12H2,1,3H3,(H,22,23). The topological polar surface area (TPSA) is 91.7 Å². The molecule has 0 fully saturated rings. The van der Waals surface area contributed by atoms with E-state index in [2.05, 4.69) is 41.4 Å². The number of nitrogens with zero attached hydrogens (tertiary/aromatic N) is 6. The van der Waals surface area contributed by atoms with Gasteiger partial charge in [0.1, 0.15) is 6.61 Å². The third kappa shape index (κ3) is 5.26. The van der Waals surface area contributed by atoms with Gasteiger partial charge in [0.15, 0.2) is 0 Å². The number of carbonyl (C=O) groups is 1. The Balaban J connectivity index is 2.00. The number of H-pyrrole nitrogens is 1. The molecule has 0 amide bonds. The van der Waals surface area contributed by atoms with E-state index in [0.717, 1.165) is 12.2 Å². The van der Waals surface area contributed by atoms with Crippen molar-refractivity contribution < 1.29 is 9.53 Å². The predicted octanol–water partition coefficient (Wildman–Crippen LogP) is 4.87. The van der Waals surface area contributed by atoms with E-state index in [1.807, 2.05) is 19.1 Å². The summed E-state index contributed by atoms with van der Waals surface area (Å²) < 4.78 is 5.13. The summed E-state index contributed by atoms with van der Waals surface area (Å²) in [6, 6.07) is 7.34. The summed E-state index contributed by atoms with van der Waals surface area (Å²) in [6.07, 6.45) is 0. The van der Waals surface area contributed by atoms with Crippen LogP contribution in [0.4, 0.5) is 29.0 Å². The first kappa shape index (κ1) is 20.3. The average Bonchev–Trinajstić information content (AvgIpc) is 3.12. The van der Waals surface area contributed by atoms with E-state index in [9.17, 15) is 4.79 Å². The predicted molar refractivity (Wildman–Crippen MR) is 105 cm³/mol. The van der Waals surface area contributed by atoms with Gasteiger partial charge in [-0.1, -0.05) is 29.8 Å². The van der Waals surface area contributed by atoms with Crippen molar-refractivity contribution in [3.05, 3.63) is 59.3 Å². The van der Waals surface area contributed by atoms with Crippen LogP contribution in [-0.4, -0.2) is 35.6 Å². The third-order valence-electron chi connectivity index (χ3n) is 3.67.